The Kier molecular flexibility index (Phi) is 8.59. The fraction of sp³-hybridized carbons (Fsp3) is 0.556. The van der Waals surface area contributed by atoms with Crippen molar-refractivity contribution in [2.45, 2.75) is 70.3 Å². The number of urea groups is 1. The van der Waals surface area contributed by atoms with Gasteiger partial charge in [-0.2, -0.15) is 13.2 Å². The average Bonchev–Trinajstić information content (AvgIpc) is 2.88. The van der Waals surface area contributed by atoms with Crippen LogP contribution >= 0.6 is 0 Å². The van der Waals surface area contributed by atoms with Crippen LogP contribution in [-0.2, 0) is 6.18 Å². The molecule has 2 aromatic rings. The summed E-state index contributed by atoms with van der Waals surface area (Å²) in [5, 5.41) is 17.1. The molecular weight excluding hydrogens is 529 g/mol. The fourth-order valence-corrected chi connectivity index (χ4v) is 4.95. The fourth-order valence-electron chi connectivity index (χ4n) is 4.95. The van der Waals surface area contributed by atoms with Crippen LogP contribution in [0.2, 0.25) is 0 Å². The van der Waals surface area contributed by atoms with E-state index in [2.05, 4.69) is 20.5 Å². The molecule has 1 aliphatic heterocycles. The predicted octanol–water partition coefficient (Wildman–Crippen LogP) is 5.44. The number of hydrogen-bond donors (Lipinski definition) is 2. The van der Waals surface area contributed by atoms with E-state index in [-0.39, 0.29) is 29.4 Å². The lowest BCUT2D eigenvalue weighted by atomic mass is 9.92. The number of anilines is 2. The van der Waals surface area contributed by atoms with Gasteiger partial charge in [0.15, 0.2) is 0 Å². The number of nitrogens with zero attached hydrogens (tertiary/aromatic N) is 4. The van der Waals surface area contributed by atoms with Gasteiger partial charge < -0.3 is 25.2 Å². The number of carbonyl (C=O) groups excluding carboxylic acids is 1. The molecule has 4 rings (SSSR count). The summed E-state index contributed by atoms with van der Waals surface area (Å²) < 4.78 is 46.1. The van der Waals surface area contributed by atoms with E-state index in [4.69, 9.17) is 4.74 Å². The third-order valence-corrected chi connectivity index (χ3v) is 6.94. The highest BCUT2D eigenvalue weighted by Gasteiger charge is 2.38. The zero-order valence-electron chi connectivity index (χ0n) is 22.8. The maximum absolute atomic E-state index is 13.3. The minimum atomic E-state index is -4.82. The Bertz CT molecular complexity index is 1200. The van der Waals surface area contributed by atoms with Crippen molar-refractivity contribution in [3.63, 3.8) is 0 Å². The zero-order chi connectivity index (χ0) is 29.1. The quantitative estimate of drug-likeness (QED) is 0.355. The summed E-state index contributed by atoms with van der Waals surface area (Å²) in [5.41, 5.74) is -2.31. The highest BCUT2D eigenvalue weighted by atomic mass is 19.4. The number of nitrogens with one attached hydrogen (secondary N) is 2. The van der Waals surface area contributed by atoms with Crippen molar-refractivity contribution in [3.8, 4) is 5.75 Å². The van der Waals surface area contributed by atoms with Crippen LogP contribution in [0.15, 0.2) is 36.5 Å². The van der Waals surface area contributed by atoms with Crippen LogP contribution < -0.4 is 20.3 Å². The first-order valence-corrected chi connectivity index (χ1v) is 13.4. The van der Waals surface area contributed by atoms with E-state index >= 15 is 0 Å². The first kappa shape index (κ1) is 29.2. The van der Waals surface area contributed by atoms with E-state index in [1.807, 2.05) is 26.8 Å². The number of aromatic nitrogens is 1. The van der Waals surface area contributed by atoms with Gasteiger partial charge in [0.05, 0.1) is 11.0 Å². The molecule has 218 valence electrons. The van der Waals surface area contributed by atoms with Crippen molar-refractivity contribution in [1.82, 2.24) is 15.2 Å². The van der Waals surface area contributed by atoms with Crippen molar-refractivity contribution in [1.29, 1.82) is 0 Å². The first-order valence-electron chi connectivity index (χ1n) is 13.4. The Labute approximate surface area is 231 Å². The van der Waals surface area contributed by atoms with Gasteiger partial charge in [-0.25, -0.2) is 9.78 Å². The monoisotopic (exact) mass is 564 g/mol. The Morgan fingerprint density at radius 2 is 1.73 bits per heavy atom. The lowest BCUT2D eigenvalue weighted by Gasteiger charge is -2.37. The number of rotatable bonds is 6. The summed E-state index contributed by atoms with van der Waals surface area (Å²) in [4.78, 5) is 30.8. The molecule has 10 nitrogen and oxygen atoms in total. The van der Waals surface area contributed by atoms with Gasteiger partial charge >= 0.3 is 12.2 Å². The maximum atomic E-state index is 13.3. The number of nitro groups is 1. The molecule has 2 amide bonds. The van der Waals surface area contributed by atoms with Crippen LogP contribution in [0, 0.1) is 10.1 Å². The normalized spacial score (nSPS) is 20.1. The van der Waals surface area contributed by atoms with Crippen molar-refractivity contribution in [2.24, 2.45) is 0 Å². The Hall–Kier alpha value is -3.77. The number of halogens is 3. The van der Waals surface area contributed by atoms with Crippen LogP contribution in [0.5, 0.6) is 5.75 Å². The molecular formula is C27H35F3N6O4. The summed E-state index contributed by atoms with van der Waals surface area (Å²) in [7, 11) is 0. The molecule has 2 N–H and O–H groups in total. The van der Waals surface area contributed by atoms with Crippen LogP contribution in [0.4, 0.5) is 35.2 Å². The number of carbonyl (C=O) groups is 1. The van der Waals surface area contributed by atoms with E-state index in [1.54, 1.807) is 17.2 Å². The molecule has 1 aromatic carbocycles. The molecule has 0 spiro atoms. The second kappa shape index (κ2) is 11.8. The highest BCUT2D eigenvalue weighted by molar-refractivity contribution is 5.75. The average molecular weight is 565 g/mol. The van der Waals surface area contributed by atoms with Gasteiger partial charge in [-0.1, -0.05) is 0 Å². The molecule has 1 aliphatic carbocycles. The van der Waals surface area contributed by atoms with Gasteiger partial charge in [-0.15, -0.1) is 0 Å². The molecule has 2 fully saturated rings. The summed E-state index contributed by atoms with van der Waals surface area (Å²) >= 11 is 0. The number of benzene rings is 1. The lowest BCUT2D eigenvalue weighted by molar-refractivity contribution is -0.388. The molecule has 1 saturated carbocycles. The topological polar surface area (TPSA) is 113 Å². The molecule has 2 aliphatic rings. The number of ether oxygens (including phenoxy) is 1. The van der Waals surface area contributed by atoms with Gasteiger partial charge in [-0.05, 0) is 64.7 Å². The first-order chi connectivity index (χ1) is 18.8. The molecule has 40 heavy (non-hydrogen) atoms. The van der Waals surface area contributed by atoms with Crippen LogP contribution in [0.25, 0.3) is 0 Å². The smallest absolute Gasteiger partial charge is 0.423 e. The zero-order valence-corrected chi connectivity index (χ0v) is 22.8. The number of piperazine rings is 1. The molecule has 2 heterocycles. The molecule has 13 heteroatoms. The van der Waals surface area contributed by atoms with Crippen LogP contribution in [0.1, 0.15) is 52.0 Å². The van der Waals surface area contributed by atoms with Crippen molar-refractivity contribution < 1.29 is 27.6 Å². The number of nitro benzene ring substituents is 1. The van der Waals surface area contributed by atoms with E-state index in [0.29, 0.717) is 57.6 Å². The second-order valence-corrected chi connectivity index (χ2v) is 11.2. The number of alkyl halides is 3. The van der Waals surface area contributed by atoms with Crippen molar-refractivity contribution >= 4 is 23.2 Å². The number of hydrogen-bond acceptors (Lipinski definition) is 7. The standard InChI is InChI=1S/C27H35F3N6O4/c1-26(2,3)33-25(37)35-14-12-34(13-15-35)24-17-21(10-11-31-24)40-20-7-4-18(5-8-20)32-19-6-9-23(36(38)39)22(16-19)27(28,29)30/h6,9-11,16-18,20,32H,4-5,7-8,12-15H2,1-3H3,(H,33,37)/t18-,20-. The van der Waals surface area contributed by atoms with Crippen molar-refractivity contribution in [3.05, 3.63) is 52.2 Å². The highest BCUT2D eigenvalue weighted by Crippen LogP contribution is 2.38. The van der Waals surface area contributed by atoms with E-state index in [9.17, 15) is 28.1 Å². The number of pyridine rings is 1. The Morgan fingerprint density at radius 1 is 1.05 bits per heavy atom. The van der Waals surface area contributed by atoms with Crippen LogP contribution in [-0.4, -0.2) is 64.7 Å². The van der Waals surface area contributed by atoms with E-state index in [0.717, 1.165) is 18.0 Å². The minimum Gasteiger partial charge on any atom is -0.490 e. The van der Waals surface area contributed by atoms with E-state index < -0.39 is 22.4 Å². The second-order valence-electron chi connectivity index (χ2n) is 11.2. The van der Waals surface area contributed by atoms with Gasteiger partial charge in [0.25, 0.3) is 5.69 Å². The number of amides is 2. The Balaban J connectivity index is 1.28. The van der Waals surface area contributed by atoms with Gasteiger partial charge in [0.2, 0.25) is 0 Å². The lowest BCUT2D eigenvalue weighted by Crippen LogP contribution is -2.55. The Morgan fingerprint density at radius 3 is 2.33 bits per heavy atom. The molecule has 0 unspecified atom stereocenters. The maximum Gasteiger partial charge on any atom is 0.423 e. The van der Waals surface area contributed by atoms with Gasteiger partial charge in [0.1, 0.15) is 17.1 Å². The van der Waals surface area contributed by atoms with Gasteiger partial charge in [0, 0.05) is 61.8 Å². The van der Waals surface area contributed by atoms with Gasteiger partial charge in [-0.3, -0.25) is 10.1 Å². The van der Waals surface area contributed by atoms with E-state index in [1.165, 1.54) is 6.07 Å². The molecule has 0 radical (unpaired) electrons. The minimum absolute atomic E-state index is 0.0474. The molecule has 1 aromatic heterocycles. The molecule has 1 saturated heterocycles. The summed E-state index contributed by atoms with van der Waals surface area (Å²) in [5.74, 6) is 1.47. The SMILES string of the molecule is CC(C)(C)NC(=O)N1CCN(c2cc(O[C@H]3CC[C@H](Nc4ccc([N+](=O)[O-])c(C(F)(F)F)c4)CC3)ccn2)CC1. The predicted molar refractivity (Wildman–Crippen MR) is 145 cm³/mol. The summed E-state index contributed by atoms with van der Waals surface area (Å²) in [6.45, 7) is 8.34. The molecule has 0 atom stereocenters. The largest absolute Gasteiger partial charge is 0.490 e. The van der Waals surface area contributed by atoms with Crippen LogP contribution in [0.3, 0.4) is 0 Å². The molecule has 0 bridgehead atoms. The summed E-state index contributed by atoms with van der Waals surface area (Å²) in [6.07, 6.45) is -0.397. The summed E-state index contributed by atoms with van der Waals surface area (Å²) in [6, 6.07) is 6.56. The van der Waals surface area contributed by atoms with Crippen molar-refractivity contribution in [2.75, 3.05) is 36.4 Å². The third-order valence-electron chi connectivity index (χ3n) is 6.94. The third kappa shape index (κ3) is 7.66.